The minimum atomic E-state index is -0.684. The lowest BCUT2D eigenvalue weighted by molar-refractivity contribution is -0.124. The summed E-state index contributed by atoms with van der Waals surface area (Å²) in [6.45, 7) is 9.55. The predicted molar refractivity (Wildman–Crippen MR) is 97.7 cm³/mol. The van der Waals surface area contributed by atoms with Crippen LogP contribution in [0.5, 0.6) is 5.75 Å². The topological polar surface area (TPSA) is 67.4 Å². The van der Waals surface area contributed by atoms with E-state index in [-0.39, 0.29) is 11.6 Å². The van der Waals surface area contributed by atoms with Crippen LogP contribution in [0.3, 0.4) is 0 Å². The van der Waals surface area contributed by atoms with Crippen LogP contribution in [0.1, 0.15) is 47.5 Å². The number of benzene rings is 1. The van der Waals surface area contributed by atoms with E-state index < -0.39 is 11.1 Å². The fourth-order valence-corrected chi connectivity index (χ4v) is 2.29. The number of carbonyl (C=O) groups excluding carboxylic acids is 2. The molecule has 0 radical (unpaired) electrons. The summed E-state index contributed by atoms with van der Waals surface area (Å²) >= 11 is 0. The largest absolute Gasteiger partial charge is 0.495 e. The SMILES string of the molecule is CCC(C)(Nc1ccccc1OC)C(=O)CCNC(C)(C)C(C)=O. The van der Waals surface area contributed by atoms with Crippen LogP contribution in [-0.2, 0) is 9.59 Å². The van der Waals surface area contributed by atoms with Gasteiger partial charge < -0.3 is 15.4 Å². The van der Waals surface area contributed by atoms with Gasteiger partial charge in [0.25, 0.3) is 0 Å². The molecule has 0 amide bonds. The number of anilines is 1. The molecule has 0 aromatic heterocycles. The summed E-state index contributed by atoms with van der Waals surface area (Å²) in [4.78, 5) is 24.3. The predicted octanol–water partition coefficient (Wildman–Crippen LogP) is 3.19. The fraction of sp³-hybridized carbons (Fsp3) is 0.579. The summed E-state index contributed by atoms with van der Waals surface area (Å²) in [7, 11) is 1.61. The monoisotopic (exact) mass is 334 g/mol. The Morgan fingerprint density at radius 2 is 1.79 bits per heavy atom. The van der Waals surface area contributed by atoms with Crippen molar-refractivity contribution in [2.24, 2.45) is 0 Å². The van der Waals surface area contributed by atoms with Crippen LogP contribution in [-0.4, -0.2) is 36.3 Å². The molecule has 0 saturated carbocycles. The van der Waals surface area contributed by atoms with Gasteiger partial charge in [-0.3, -0.25) is 9.59 Å². The third kappa shape index (κ3) is 5.06. The van der Waals surface area contributed by atoms with Crippen LogP contribution < -0.4 is 15.4 Å². The van der Waals surface area contributed by atoms with E-state index in [1.807, 2.05) is 52.0 Å². The van der Waals surface area contributed by atoms with Gasteiger partial charge in [-0.2, -0.15) is 0 Å². The van der Waals surface area contributed by atoms with Crippen LogP contribution in [0.25, 0.3) is 0 Å². The first-order valence-electron chi connectivity index (χ1n) is 8.37. The van der Waals surface area contributed by atoms with E-state index >= 15 is 0 Å². The number of para-hydroxylation sites is 2. The van der Waals surface area contributed by atoms with Gasteiger partial charge in [0.05, 0.1) is 23.9 Å². The molecule has 5 heteroatoms. The molecular weight excluding hydrogens is 304 g/mol. The smallest absolute Gasteiger partial charge is 0.159 e. The van der Waals surface area contributed by atoms with Gasteiger partial charge in [0.1, 0.15) is 11.5 Å². The molecule has 1 rings (SSSR count). The van der Waals surface area contributed by atoms with Crippen molar-refractivity contribution in [2.45, 2.75) is 58.5 Å². The van der Waals surface area contributed by atoms with Crippen molar-refractivity contribution >= 4 is 17.3 Å². The molecule has 24 heavy (non-hydrogen) atoms. The Morgan fingerprint density at radius 1 is 1.17 bits per heavy atom. The molecule has 1 unspecified atom stereocenters. The summed E-state index contributed by atoms with van der Waals surface area (Å²) in [5.41, 5.74) is -0.495. The summed E-state index contributed by atoms with van der Waals surface area (Å²) in [6, 6.07) is 7.56. The zero-order chi connectivity index (χ0) is 18.4. The van der Waals surface area contributed by atoms with Crippen molar-refractivity contribution in [3.63, 3.8) is 0 Å². The van der Waals surface area contributed by atoms with E-state index in [1.165, 1.54) is 0 Å². The number of hydrogen-bond acceptors (Lipinski definition) is 5. The van der Waals surface area contributed by atoms with Gasteiger partial charge in [0.2, 0.25) is 0 Å². The average Bonchev–Trinajstić information content (AvgIpc) is 2.54. The van der Waals surface area contributed by atoms with Crippen LogP contribution in [0.15, 0.2) is 24.3 Å². The summed E-state index contributed by atoms with van der Waals surface area (Å²) < 4.78 is 5.34. The van der Waals surface area contributed by atoms with Crippen LogP contribution in [0.4, 0.5) is 5.69 Å². The second-order valence-electron chi connectivity index (χ2n) is 6.79. The number of methoxy groups -OCH3 is 1. The number of ketones is 2. The average molecular weight is 334 g/mol. The Labute approximate surface area is 145 Å². The minimum Gasteiger partial charge on any atom is -0.495 e. The van der Waals surface area contributed by atoms with E-state index in [1.54, 1.807) is 14.0 Å². The highest BCUT2D eigenvalue weighted by atomic mass is 16.5. The molecule has 1 aromatic carbocycles. The summed E-state index contributed by atoms with van der Waals surface area (Å²) in [5.74, 6) is 0.865. The third-order valence-electron chi connectivity index (χ3n) is 4.64. The lowest BCUT2D eigenvalue weighted by Gasteiger charge is -2.31. The van der Waals surface area contributed by atoms with Gasteiger partial charge in [-0.1, -0.05) is 19.1 Å². The standard InChI is InChI=1S/C19H30N2O3/c1-7-19(5,21-15-10-8-9-11-16(15)24-6)17(23)12-13-20-18(3,4)14(2)22/h8-11,20-21H,7,12-13H2,1-6H3. The fourth-order valence-electron chi connectivity index (χ4n) is 2.29. The minimum absolute atomic E-state index is 0.0559. The van der Waals surface area contributed by atoms with Crippen molar-refractivity contribution in [3.05, 3.63) is 24.3 Å². The lowest BCUT2D eigenvalue weighted by atomic mass is 9.90. The lowest BCUT2D eigenvalue weighted by Crippen LogP contribution is -2.48. The molecular formula is C19H30N2O3. The van der Waals surface area contributed by atoms with E-state index in [0.29, 0.717) is 25.1 Å². The van der Waals surface area contributed by atoms with E-state index in [0.717, 1.165) is 5.69 Å². The maximum atomic E-state index is 12.7. The van der Waals surface area contributed by atoms with Crippen molar-refractivity contribution in [3.8, 4) is 5.75 Å². The normalized spacial score (nSPS) is 13.9. The highest BCUT2D eigenvalue weighted by molar-refractivity contribution is 5.91. The van der Waals surface area contributed by atoms with E-state index in [2.05, 4.69) is 10.6 Å². The van der Waals surface area contributed by atoms with Gasteiger partial charge in [-0.05, 0) is 46.2 Å². The molecule has 0 aliphatic heterocycles. The Bertz CT molecular complexity index is 584. The molecule has 134 valence electrons. The van der Waals surface area contributed by atoms with E-state index in [4.69, 9.17) is 4.74 Å². The Hall–Kier alpha value is -1.88. The van der Waals surface area contributed by atoms with Crippen LogP contribution in [0, 0.1) is 0 Å². The Kier molecular flexibility index (Phi) is 6.96. The second kappa shape index (κ2) is 8.29. The zero-order valence-corrected chi connectivity index (χ0v) is 15.7. The molecule has 0 bridgehead atoms. The first-order valence-corrected chi connectivity index (χ1v) is 8.37. The van der Waals surface area contributed by atoms with Crippen LogP contribution in [0.2, 0.25) is 0 Å². The number of rotatable bonds is 10. The third-order valence-corrected chi connectivity index (χ3v) is 4.64. The van der Waals surface area contributed by atoms with Crippen molar-refractivity contribution in [2.75, 3.05) is 19.0 Å². The molecule has 0 spiro atoms. The summed E-state index contributed by atoms with van der Waals surface area (Å²) in [5, 5.41) is 6.47. The quantitative estimate of drug-likeness (QED) is 0.688. The second-order valence-corrected chi connectivity index (χ2v) is 6.79. The number of carbonyl (C=O) groups is 2. The van der Waals surface area contributed by atoms with Gasteiger partial charge in [-0.15, -0.1) is 0 Å². The number of hydrogen-bond donors (Lipinski definition) is 2. The van der Waals surface area contributed by atoms with Crippen molar-refractivity contribution < 1.29 is 14.3 Å². The van der Waals surface area contributed by atoms with E-state index in [9.17, 15) is 9.59 Å². The molecule has 1 atom stereocenters. The molecule has 2 N–H and O–H groups in total. The maximum Gasteiger partial charge on any atom is 0.159 e. The maximum absolute atomic E-state index is 12.7. The molecule has 0 heterocycles. The van der Waals surface area contributed by atoms with Gasteiger partial charge in [0.15, 0.2) is 5.78 Å². The zero-order valence-electron chi connectivity index (χ0n) is 15.7. The molecule has 1 aromatic rings. The molecule has 0 saturated heterocycles. The Balaban J connectivity index is 2.76. The van der Waals surface area contributed by atoms with Crippen molar-refractivity contribution in [1.82, 2.24) is 5.32 Å². The first kappa shape index (κ1) is 20.2. The molecule has 5 nitrogen and oxygen atoms in total. The number of Topliss-reactive ketones (excluding diaryl/α,β-unsaturated/α-hetero) is 2. The van der Waals surface area contributed by atoms with Crippen molar-refractivity contribution in [1.29, 1.82) is 0 Å². The molecule has 0 fully saturated rings. The van der Waals surface area contributed by atoms with Gasteiger partial charge >= 0.3 is 0 Å². The highest BCUT2D eigenvalue weighted by Gasteiger charge is 2.32. The molecule has 0 aliphatic carbocycles. The summed E-state index contributed by atoms with van der Waals surface area (Å²) in [6.07, 6.45) is 1.00. The number of nitrogens with one attached hydrogen (secondary N) is 2. The van der Waals surface area contributed by atoms with Gasteiger partial charge in [0, 0.05) is 13.0 Å². The van der Waals surface area contributed by atoms with Gasteiger partial charge in [-0.25, -0.2) is 0 Å². The van der Waals surface area contributed by atoms with Crippen LogP contribution >= 0.6 is 0 Å². The Morgan fingerprint density at radius 3 is 2.33 bits per heavy atom. The first-order chi connectivity index (χ1) is 11.2. The number of ether oxygens (including phenoxy) is 1. The highest BCUT2D eigenvalue weighted by Crippen LogP contribution is 2.28. The molecule has 0 aliphatic rings.